The molecule has 0 spiro atoms. The molecule has 1 aliphatic carbocycles. The number of Topliss-reactive ketones (excluding diaryl/α,β-unsaturated/α-hetero) is 1. The minimum Gasteiger partial charge on any atom is -0.393 e. The fraction of sp³-hybridized carbons (Fsp3) is 0.647. The first kappa shape index (κ1) is 15.2. The topological polar surface area (TPSA) is 50.2 Å². The van der Waals surface area contributed by atoms with Crippen molar-refractivity contribution in [2.45, 2.75) is 63.9 Å². The van der Waals surface area contributed by atoms with Gasteiger partial charge in [-0.05, 0) is 24.5 Å². The van der Waals surface area contributed by atoms with E-state index >= 15 is 0 Å². The molecule has 1 aromatic heterocycles. The number of carbonyl (C=O) groups is 1. The smallest absolute Gasteiger partial charge is 0.183 e. The van der Waals surface area contributed by atoms with Crippen LogP contribution >= 0.6 is 0 Å². The number of aliphatic hydroxyl groups is 1. The van der Waals surface area contributed by atoms with Gasteiger partial charge >= 0.3 is 0 Å². The van der Waals surface area contributed by atoms with Gasteiger partial charge in [-0.3, -0.25) is 9.78 Å². The summed E-state index contributed by atoms with van der Waals surface area (Å²) in [6.07, 6.45) is 11.1. The second-order valence-corrected chi connectivity index (χ2v) is 5.93. The average molecular weight is 275 g/mol. The quantitative estimate of drug-likeness (QED) is 0.771. The minimum absolute atomic E-state index is 0.0595. The van der Waals surface area contributed by atoms with Gasteiger partial charge in [0.05, 0.1) is 6.10 Å². The first-order valence-corrected chi connectivity index (χ1v) is 7.88. The summed E-state index contributed by atoms with van der Waals surface area (Å²) in [6.45, 7) is 0. The van der Waals surface area contributed by atoms with Crippen LogP contribution in [-0.4, -0.2) is 22.0 Å². The molecule has 2 rings (SSSR count). The summed E-state index contributed by atoms with van der Waals surface area (Å²) in [6, 6.07) is 5.30. The maximum absolute atomic E-state index is 11.9. The van der Waals surface area contributed by atoms with Crippen LogP contribution in [0.3, 0.4) is 0 Å². The molecule has 0 radical (unpaired) electrons. The molecule has 0 aliphatic heterocycles. The molecule has 3 nitrogen and oxygen atoms in total. The Bertz CT molecular complexity index is 399. The lowest BCUT2D eigenvalue weighted by Gasteiger charge is -2.21. The summed E-state index contributed by atoms with van der Waals surface area (Å²) in [7, 11) is 0. The standard InChI is InChI=1S/C17H25NO2/c19-15(10-6-9-14-7-2-1-3-8-14)13-17(20)16-11-4-5-12-18-16/h4-5,11-12,14-15,19H,1-3,6-10,13H2/t15-/m1/s1. The number of nitrogens with zero attached hydrogens (tertiary/aromatic N) is 1. The Hall–Kier alpha value is -1.22. The second kappa shape index (κ2) is 8.15. The molecule has 0 saturated heterocycles. The predicted octanol–water partition coefficient (Wildman–Crippen LogP) is 3.77. The first-order valence-electron chi connectivity index (χ1n) is 7.88. The third-order valence-corrected chi connectivity index (χ3v) is 4.25. The van der Waals surface area contributed by atoms with Crippen LogP contribution in [0.4, 0.5) is 0 Å². The Morgan fingerprint density at radius 1 is 1.30 bits per heavy atom. The highest BCUT2D eigenvalue weighted by Crippen LogP contribution is 2.28. The monoisotopic (exact) mass is 275 g/mol. The Morgan fingerprint density at radius 3 is 2.80 bits per heavy atom. The molecule has 0 unspecified atom stereocenters. The van der Waals surface area contributed by atoms with Gasteiger partial charge in [-0.15, -0.1) is 0 Å². The van der Waals surface area contributed by atoms with Crippen LogP contribution in [0.2, 0.25) is 0 Å². The number of rotatable bonds is 7. The van der Waals surface area contributed by atoms with Gasteiger partial charge in [-0.2, -0.15) is 0 Å². The maximum atomic E-state index is 11.9. The van der Waals surface area contributed by atoms with Crippen LogP contribution in [-0.2, 0) is 0 Å². The van der Waals surface area contributed by atoms with Crippen LogP contribution in [0.1, 0.15) is 68.3 Å². The fourth-order valence-electron chi connectivity index (χ4n) is 3.07. The van der Waals surface area contributed by atoms with Gasteiger partial charge in [0.25, 0.3) is 0 Å². The summed E-state index contributed by atoms with van der Waals surface area (Å²) in [4.78, 5) is 15.9. The van der Waals surface area contributed by atoms with Crippen molar-refractivity contribution >= 4 is 5.78 Å². The number of carbonyl (C=O) groups excluding carboxylic acids is 1. The zero-order chi connectivity index (χ0) is 14.2. The highest BCUT2D eigenvalue weighted by molar-refractivity contribution is 5.94. The van der Waals surface area contributed by atoms with Gasteiger partial charge in [0.15, 0.2) is 5.78 Å². The molecule has 1 N–H and O–H groups in total. The Morgan fingerprint density at radius 2 is 2.10 bits per heavy atom. The van der Waals surface area contributed by atoms with Crippen LogP contribution in [0.25, 0.3) is 0 Å². The van der Waals surface area contributed by atoms with Crippen molar-refractivity contribution in [3.05, 3.63) is 30.1 Å². The van der Waals surface area contributed by atoms with Crippen molar-refractivity contribution in [3.63, 3.8) is 0 Å². The highest BCUT2D eigenvalue weighted by Gasteiger charge is 2.16. The number of pyridine rings is 1. The predicted molar refractivity (Wildman–Crippen MR) is 79.6 cm³/mol. The summed E-state index contributed by atoms with van der Waals surface area (Å²) >= 11 is 0. The summed E-state index contributed by atoms with van der Waals surface area (Å²) in [5.41, 5.74) is 0.457. The lowest BCUT2D eigenvalue weighted by Crippen LogP contribution is -2.15. The molecule has 1 saturated carbocycles. The van der Waals surface area contributed by atoms with Gasteiger partial charge in [0.2, 0.25) is 0 Å². The molecular formula is C17H25NO2. The zero-order valence-electron chi connectivity index (χ0n) is 12.1. The number of hydrogen-bond donors (Lipinski definition) is 1. The van der Waals surface area contributed by atoms with Crippen molar-refractivity contribution < 1.29 is 9.90 Å². The fourth-order valence-corrected chi connectivity index (χ4v) is 3.07. The average Bonchev–Trinajstić information content (AvgIpc) is 2.49. The molecule has 3 heteroatoms. The van der Waals surface area contributed by atoms with E-state index in [-0.39, 0.29) is 12.2 Å². The van der Waals surface area contributed by atoms with Crippen molar-refractivity contribution in [1.82, 2.24) is 4.98 Å². The van der Waals surface area contributed by atoms with Crippen LogP contribution in [0, 0.1) is 5.92 Å². The molecule has 1 aliphatic rings. The van der Waals surface area contributed by atoms with Crippen LogP contribution < -0.4 is 0 Å². The minimum atomic E-state index is -0.520. The molecule has 1 heterocycles. The third kappa shape index (κ3) is 5.04. The van der Waals surface area contributed by atoms with Gasteiger partial charge in [0.1, 0.15) is 5.69 Å². The van der Waals surface area contributed by atoms with E-state index in [9.17, 15) is 9.90 Å². The van der Waals surface area contributed by atoms with Crippen LogP contribution in [0.5, 0.6) is 0 Å². The third-order valence-electron chi connectivity index (χ3n) is 4.25. The first-order chi connectivity index (χ1) is 9.75. The molecule has 1 atom stereocenters. The van der Waals surface area contributed by atoms with E-state index in [0.29, 0.717) is 5.69 Å². The molecular weight excluding hydrogens is 250 g/mol. The molecule has 1 aromatic rings. The largest absolute Gasteiger partial charge is 0.393 e. The van der Waals surface area contributed by atoms with E-state index in [1.165, 1.54) is 38.5 Å². The Balaban J connectivity index is 1.64. The summed E-state index contributed by atoms with van der Waals surface area (Å²) in [5.74, 6) is 0.790. The molecule has 110 valence electrons. The van der Waals surface area contributed by atoms with Gasteiger partial charge in [0, 0.05) is 12.6 Å². The van der Waals surface area contributed by atoms with Crippen molar-refractivity contribution in [2.24, 2.45) is 5.92 Å². The second-order valence-electron chi connectivity index (χ2n) is 5.93. The van der Waals surface area contributed by atoms with Gasteiger partial charge < -0.3 is 5.11 Å². The Labute approximate surface area is 121 Å². The van der Waals surface area contributed by atoms with E-state index in [2.05, 4.69) is 4.98 Å². The van der Waals surface area contributed by atoms with E-state index in [1.54, 1.807) is 24.4 Å². The molecule has 0 amide bonds. The maximum Gasteiger partial charge on any atom is 0.183 e. The normalized spacial score (nSPS) is 17.9. The van der Waals surface area contributed by atoms with Crippen LogP contribution in [0.15, 0.2) is 24.4 Å². The van der Waals surface area contributed by atoms with Crippen molar-refractivity contribution in [2.75, 3.05) is 0 Å². The lowest BCUT2D eigenvalue weighted by molar-refractivity contribution is 0.0856. The Kier molecular flexibility index (Phi) is 6.19. The van der Waals surface area contributed by atoms with E-state index in [0.717, 1.165) is 18.8 Å². The van der Waals surface area contributed by atoms with Gasteiger partial charge in [-0.25, -0.2) is 0 Å². The molecule has 1 fully saturated rings. The van der Waals surface area contributed by atoms with E-state index in [1.807, 2.05) is 0 Å². The van der Waals surface area contributed by atoms with E-state index < -0.39 is 6.10 Å². The summed E-state index contributed by atoms with van der Waals surface area (Å²) in [5, 5.41) is 9.96. The van der Waals surface area contributed by atoms with E-state index in [4.69, 9.17) is 0 Å². The van der Waals surface area contributed by atoms with Crippen molar-refractivity contribution in [3.8, 4) is 0 Å². The molecule has 0 aromatic carbocycles. The number of hydrogen-bond acceptors (Lipinski definition) is 3. The molecule has 20 heavy (non-hydrogen) atoms. The highest BCUT2D eigenvalue weighted by atomic mass is 16.3. The number of aliphatic hydroxyl groups excluding tert-OH is 1. The summed E-state index contributed by atoms with van der Waals surface area (Å²) < 4.78 is 0. The number of ketones is 1. The zero-order valence-corrected chi connectivity index (χ0v) is 12.1. The van der Waals surface area contributed by atoms with Gasteiger partial charge in [-0.1, -0.05) is 51.0 Å². The lowest BCUT2D eigenvalue weighted by atomic mass is 9.85. The number of aromatic nitrogens is 1. The molecule has 0 bridgehead atoms. The van der Waals surface area contributed by atoms with Crippen molar-refractivity contribution in [1.29, 1.82) is 0 Å². The SMILES string of the molecule is O=C(C[C@H](O)CCCC1CCCCC1)c1ccccn1.